The van der Waals surface area contributed by atoms with Gasteiger partial charge in [0.25, 0.3) is 11.8 Å². The van der Waals surface area contributed by atoms with Gasteiger partial charge in [0.05, 0.1) is 5.56 Å². The van der Waals surface area contributed by atoms with Crippen LogP contribution in [0.2, 0.25) is 0 Å². The lowest BCUT2D eigenvalue weighted by Crippen LogP contribution is -2.41. The number of ether oxygens (including phenoxy) is 1. The van der Waals surface area contributed by atoms with Crippen LogP contribution in [0.25, 0.3) is 10.8 Å². The molecule has 1 saturated carbocycles. The normalized spacial score (nSPS) is 17.2. The zero-order valence-electron chi connectivity index (χ0n) is 16.2. The van der Waals surface area contributed by atoms with Crippen LogP contribution in [0.3, 0.4) is 0 Å². The molecule has 0 atom stereocenters. The highest BCUT2D eigenvalue weighted by molar-refractivity contribution is 6.02. The van der Waals surface area contributed by atoms with Crippen molar-refractivity contribution < 1.29 is 19.1 Å². The van der Waals surface area contributed by atoms with E-state index in [0.29, 0.717) is 37.2 Å². The molecule has 152 valence electrons. The van der Waals surface area contributed by atoms with Gasteiger partial charge >= 0.3 is 0 Å². The molecule has 2 fully saturated rings. The Balaban J connectivity index is 1.54. The van der Waals surface area contributed by atoms with Crippen molar-refractivity contribution in [2.24, 2.45) is 11.7 Å². The molecule has 3 amide bonds. The maximum absolute atomic E-state index is 13.2. The van der Waals surface area contributed by atoms with Gasteiger partial charge in [-0.3, -0.25) is 14.4 Å². The smallest absolute Gasteiger partial charge is 0.258 e. The number of carbonyl (C=O) groups is 3. The standard InChI is InChI=1S/C22H25N3O4/c23-21(27)14-7-9-25(10-8-14)22(28)18-11-15-3-1-2-4-16(15)12-19(18)29-13-20(26)24-17-5-6-17/h1-4,11-12,14,17H,5-10,13H2,(H2,23,27)(H,24,26). The monoisotopic (exact) mass is 395 g/mol. The summed E-state index contributed by atoms with van der Waals surface area (Å²) >= 11 is 0. The topological polar surface area (TPSA) is 102 Å². The molecule has 2 aliphatic rings. The summed E-state index contributed by atoms with van der Waals surface area (Å²) in [6.07, 6.45) is 3.14. The number of hydrogen-bond donors (Lipinski definition) is 2. The highest BCUT2D eigenvalue weighted by Gasteiger charge is 2.28. The van der Waals surface area contributed by atoms with Crippen molar-refractivity contribution >= 4 is 28.5 Å². The number of benzene rings is 2. The number of likely N-dealkylation sites (tertiary alicyclic amines) is 1. The molecule has 29 heavy (non-hydrogen) atoms. The van der Waals surface area contributed by atoms with E-state index in [1.165, 1.54) is 0 Å². The zero-order chi connectivity index (χ0) is 20.4. The third-order valence-corrected chi connectivity index (χ3v) is 5.56. The summed E-state index contributed by atoms with van der Waals surface area (Å²) in [5, 5.41) is 4.75. The Morgan fingerprint density at radius 1 is 1.03 bits per heavy atom. The largest absolute Gasteiger partial charge is 0.483 e. The van der Waals surface area contributed by atoms with Gasteiger partial charge in [0.15, 0.2) is 6.61 Å². The van der Waals surface area contributed by atoms with Gasteiger partial charge in [-0.05, 0) is 48.6 Å². The number of rotatable bonds is 6. The van der Waals surface area contributed by atoms with Crippen molar-refractivity contribution in [3.8, 4) is 5.75 Å². The Morgan fingerprint density at radius 3 is 2.31 bits per heavy atom. The molecule has 1 aliphatic carbocycles. The Bertz CT molecular complexity index is 946. The van der Waals surface area contributed by atoms with E-state index in [-0.39, 0.29) is 36.3 Å². The summed E-state index contributed by atoms with van der Waals surface area (Å²) in [5.41, 5.74) is 5.82. The molecule has 7 nitrogen and oxygen atoms in total. The van der Waals surface area contributed by atoms with E-state index in [9.17, 15) is 14.4 Å². The van der Waals surface area contributed by atoms with E-state index in [1.807, 2.05) is 36.4 Å². The number of piperidine rings is 1. The number of nitrogens with two attached hydrogens (primary N) is 1. The summed E-state index contributed by atoms with van der Waals surface area (Å²) in [4.78, 5) is 38.4. The molecule has 1 heterocycles. The second-order valence-electron chi connectivity index (χ2n) is 7.79. The van der Waals surface area contributed by atoms with Crippen molar-refractivity contribution in [3.63, 3.8) is 0 Å². The SMILES string of the molecule is NC(=O)C1CCN(C(=O)c2cc3ccccc3cc2OCC(=O)NC2CC2)CC1. The first-order chi connectivity index (χ1) is 14.0. The van der Waals surface area contributed by atoms with Crippen molar-refractivity contribution in [2.45, 2.75) is 31.7 Å². The number of hydrogen-bond acceptors (Lipinski definition) is 4. The second-order valence-corrected chi connectivity index (χ2v) is 7.79. The van der Waals surface area contributed by atoms with Crippen LogP contribution < -0.4 is 15.8 Å². The van der Waals surface area contributed by atoms with Crippen molar-refractivity contribution in [1.29, 1.82) is 0 Å². The third kappa shape index (κ3) is 4.50. The van der Waals surface area contributed by atoms with Gasteiger partial charge in [-0.15, -0.1) is 0 Å². The number of fused-ring (bicyclic) bond motifs is 1. The molecule has 1 saturated heterocycles. The number of amides is 3. The van der Waals surface area contributed by atoms with Gasteiger partial charge in [0, 0.05) is 25.0 Å². The Hall–Kier alpha value is -3.09. The minimum absolute atomic E-state index is 0.126. The fourth-order valence-corrected chi connectivity index (χ4v) is 3.68. The molecule has 3 N–H and O–H groups in total. The van der Waals surface area contributed by atoms with Gasteiger partial charge in [-0.25, -0.2) is 0 Å². The minimum Gasteiger partial charge on any atom is -0.483 e. The molecule has 7 heteroatoms. The van der Waals surface area contributed by atoms with Gasteiger partial charge in [-0.2, -0.15) is 0 Å². The van der Waals surface area contributed by atoms with Gasteiger partial charge < -0.3 is 20.7 Å². The predicted molar refractivity (Wildman–Crippen MR) is 108 cm³/mol. The molecule has 0 unspecified atom stereocenters. The maximum atomic E-state index is 13.2. The van der Waals surface area contributed by atoms with Crippen LogP contribution >= 0.6 is 0 Å². The van der Waals surface area contributed by atoms with Crippen molar-refractivity contribution in [1.82, 2.24) is 10.2 Å². The van der Waals surface area contributed by atoms with Crippen LogP contribution in [0.5, 0.6) is 5.75 Å². The van der Waals surface area contributed by atoms with E-state index < -0.39 is 0 Å². The van der Waals surface area contributed by atoms with Crippen LogP contribution in [-0.2, 0) is 9.59 Å². The lowest BCUT2D eigenvalue weighted by atomic mass is 9.95. The number of primary amides is 1. The molecule has 0 aromatic heterocycles. The van der Waals surface area contributed by atoms with E-state index in [4.69, 9.17) is 10.5 Å². The van der Waals surface area contributed by atoms with Gasteiger partial charge in [-0.1, -0.05) is 24.3 Å². The molecule has 2 aromatic rings. The van der Waals surface area contributed by atoms with E-state index >= 15 is 0 Å². The fourth-order valence-electron chi connectivity index (χ4n) is 3.68. The first-order valence-electron chi connectivity index (χ1n) is 10.0. The van der Waals surface area contributed by atoms with E-state index in [1.54, 1.807) is 4.90 Å². The summed E-state index contributed by atoms with van der Waals surface area (Å²) in [5.74, 6) is -0.430. The van der Waals surface area contributed by atoms with Crippen LogP contribution in [0.1, 0.15) is 36.0 Å². The van der Waals surface area contributed by atoms with Crippen LogP contribution in [0, 0.1) is 5.92 Å². The Labute approximate surface area is 169 Å². The average Bonchev–Trinajstić information content (AvgIpc) is 3.55. The second kappa shape index (κ2) is 8.11. The quantitative estimate of drug-likeness (QED) is 0.779. The molecule has 2 aromatic carbocycles. The molecular formula is C22H25N3O4. The average molecular weight is 395 g/mol. The molecule has 0 spiro atoms. The highest BCUT2D eigenvalue weighted by Crippen LogP contribution is 2.29. The molecule has 4 rings (SSSR count). The summed E-state index contributed by atoms with van der Waals surface area (Å²) in [6.45, 7) is 0.820. The first-order valence-corrected chi connectivity index (χ1v) is 10.0. The van der Waals surface area contributed by atoms with Crippen molar-refractivity contribution in [3.05, 3.63) is 42.0 Å². The zero-order valence-corrected chi connectivity index (χ0v) is 16.2. The first kappa shape index (κ1) is 19.2. The lowest BCUT2D eigenvalue weighted by Gasteiger charge is -2.31. The molecular weight excluding hydrogens is 370 g/mol. The molecule has 1 aliphatic heterocycles. The van der Waals surface area contributed by atoms with Crippen LogP contribution in [0.15, 0.2) is 36.4 Å². The number of carbonyl (C=O) groups excluding carboxylic acids is 3. The number of nitrogens with zero attached hydrogens (tertiary/aromatic N) is 1. The fraction of sp³-hybridized carbons (Fsp3) is 0.409. The van der Waals surface area contributed by atoms with Crippen LogP contribution in [0.4, 0.5) is 0 Å². The van der Waals surface area contributed by atoms with Gasteiger partial charge in [0.2, 0.25) is 5.91 Å². The van der Waals surface area contributed by atoms with Crippen LogP contribution in [-0.4, -0.2) is 48.4 Å². The maximum Gasteiger partial charge on any atom is 0.258 e. The lowest BCUT2D eigenvalue weighted by molar-refractivity contribution is -0.123. The minimum atomic E-state index is -0.312. The summed E-state index contributed by atoms with van der Waals surface area (Å²) in [7, 11) is 0. The van der Waals surface area contributed by atoms with Gasteiger partial charge in [0.1, 0.15) is 5.75 Å². The molecule has 0 radical (unpaired) electrons. The molecule has 0 bridgehead atoms. The van der Waals surface area contributed by atoms with E-state index in [2.05, 4.69) is 5.32 Å². The Kier molecular flexibility index (Phi) is 5.38. The van der Waals surface area contributed by atoms with E-state index in [0.717, 1.165) is 23.6 Å². The van der Waals surface area contributed by atoms with Crippen molar-refractivity contribution in [2.75, 3.05) is 19.7 Å². The predicted octanol–water partition coefficient (Wildman–Crippen LogP) is 1.83. The number of nitrogens with one attached hydrogen (secondary N) is 1. The summed E-state index contributed by atoms with van der Waals surface area (Å²) < 4.78 is 5.77. The summed E-state index contributed by atoms with van der Waals surface area (Å²) in [6, 6.07) is 11.6. The third-order valence-electron chi connectivity index (χ3n) is 5.56. The Morgan fingerprint density at radius 2 is 1.69 bits per heavy atom. The highest BCUT2D eigenvalue weighted by atomic mass is 16.5.